The minimum Gasteiger partial charge on any atom is -0.382 e. The molecular formula is C15H23IN2. The Balaban J connectivity index is 1.93. The first-order valence-electron chi connectivity index (χ1n) is 6.83. The van der Waals surface area contributed by atoms with Gasteiger partial charge in [-0.15, -0.1) is 0 Å². The van der Waals surface area contributed by atoms with E-state index in [-0.39, 0.29) is 0 Å². The van der Waals surface area contributed by atoms with E-state index < -0.39 is 0 Å². The van der Waals surface area contributed by atoms with Crippen LogP contribution in [0.15, 0.2) is 18.2 Å². The van der Waals surface area contributed by atoms with E-state index in [1.165, 1.54) is 40.8 Å². The molecule has 0 radical (unpaired) electrons. The molecule has 1 saturated heterocycles. The summed E-state index contributed by atoms with van der Waals surface area (Å²) in [6.07, 6.45) is 2.51. The fourth-order valence-corrected chi connectivity index (χ4v) is 3.02. The summed E-state index contributed by atoms with van der Waals surface area (Å²) in [5.41, 5.74) is 2.66. The molecule has 2 rings (SSSR count). The van der Waals surface area contributed by atoms with Crippen molar-refractivity contribution in [2.24, 2.45) is 0 Å². The van der Waals surface area contributed by atoms with Gasteiger partial charge in [-0.2, -0.15) is 0 Å². The average molecular weight is 358 g/mol. The second-order valence-electron chi connectivity index (χ2n) is 5.51. The molecule has 0 amide bonds. The minimum absolute atomic E-state index is 0.636. The lowest BCUT2D eigenvalue weighted by Crippen LogP contribution is -2.42. The van der Waals surface area contributed by atoms with Crippen LogP contribution in [-0.4, -0.2) is 30.1 Å². The predicted octanol–water partition coefficient (Wildman–Crippen LogP) is 3.88. The Bertz CT molecular complexity index is 395. The third kappa shape index (κ3) is 3.60. The lowest BCUT2D eigenvalue weighted by atomic mass is 10.0. The molecule has 0 saturated carbocycles. The predicted molar refractivity (Wildman–Crippen MR) is 87.2 cm³/mol. The van der Waals surface area contributed by atoms with Crippen LogP contribution in [0.3, 0.4) is 0 Å². The highest BCUT2D eigenvalue weighted by molar-refractivity contribution is 14.1. The van der Waals surface area contributed by atoms with Crippen LogP contribution in [0.2, 0.25) is 0 Å². The summed E-state index contributed by atoms with van der Waals surface area (Å²) in [4.78, 5) is 2.57. The summed E-state index contributed by atoms with van der Waals surface area (Å²) < 4.78 is 1.31. The number of aryl methyl sites for hydroxylation is 1. The highest BCUT2D eigenvalue weighted by atomic mass is 127. The van der Waals surface area contributed by atoms with Crippen LogP contribution in [-0.2, 0) is 0 Å². The smallest absolute Gasteiger partial charge is 0.0382 e. The van der Waals surface area contributed by atoms with Gasteiger partial charge in [0.2, 0.25) is 0 Å². The zero-order valence-electron chi connectivity index (χ0n) is 11.5. The summed E-state index contributed by atoms with van der Waals surface area (Å²) in [7, 11) is 0. The maximum absolute atomic E-state index is 3.72. The molecule has 3 heteroatoms. The SMILES string of the molecule is Cc1ccc(I)cc1NC1CCN(C(C)C)CC1. The van der Waals surface area contributed by atoms with E-state index in [9.17, 15) is 0 Å². The van der Waals surface area contributed by atoms with E-state index in [1.807, 2.05) is 0 Å². The van der Waals surface area contributed by atoms with Gasteiger partial charge in [0.15, 0.2) is 0 Å². The first-order valence-corrected chi connectivity index (χ1v) is 7.91. The molecule has 18 heavy (non-hydrogen) atoms. The van der Waals surface area contributed by atoms with E-state index in [0.29, 0.717) is 12.1 Å². The van der Waals surface area contributed by atoms with E-state index in [0.717, 1.165) is 0 Å². The van der Waals surface area contributed by atoms with E-state index in [2.05, 4.69) is 71.8 Å². The van der Waals surface area contributed by atoms with E-state index >= 15 is 0 Å². The molecule has 0 aliphatic carbocycles. The van der Waals surface area contributed by atoms with Crippen LogP contribution in [0.1, 0.15) is 32.3 Å². The second-order valence-corrected chi connectivity index (χ2v) is 6.75. The Morgan fingerprint density at radius 3 is 2.56 bits per heavy atom. The number of anilines is 1. The van der Waals surface area contributed by atoms with Gasteiger partial charge in [-0.1, -0.05) is 6.07 Å². The highest BCUT2D eigenvalue weighted by Gasteiger charge is 2.20. The molecule has 0 spiro atoms. The standard InChI is InChI=1S/C15H23IN2/c1-11(2)18-8-6-14(7-9-18)17-15-10-13(16)5-4-12(15)3/h4-5,10-11,14,17H,6-9H2,1-3H3. The Morgan fingerprint density at radius 1 is 1.28 bits per heavy atom. The van der Waals surface area contributed by atoms with Gasteiger partial charge in [0.1, 0.15) is 0 Å². The molecule has 0 aromatic heterocycles. The number of benzene rings is 1. The number of halogens is 1. The second kappa shape index (κ2) is 6.24. The fraction of sp³-hybridized carbons (Fsp3) is 0.600. The fourth-order valence-electron chi connectivity index (χ4n) is 2.53. The molecule has 1 heterocycles. The molecule has 0 atom stereocenters. The van der Waals surface area contributed by atoms with Crippen LogP contribution >= 0.6 is 22.6 Å². The van der Waals surface area contributed by atoms with Crippen LogP contribution in [0.5, 0.6) is 0 Å². The van der Waals surface area contributed by atoms with Crippen molar-refractivity contribution in [2.45, 2.75) is 45.7 Å². The van der Waals surface area contributed by atoms with Gasteiger partial charge in [0.25, 0.3) is 0 Å². The molecule has 100 valence electrons. The van der Waals surface area contributed by atoms with Crippen molar-refractivity contribution >= 4 is 28.3 Å². The molecule has 1 aromatic carbocycles. The van der Waals surface area contributed by atoms with Crippen LogP contribution in [0.25, 0.3) is 0 Å². The van der Waals surface area contributed by atoms with Gasteiger partial charge in [-0.3, -0.25) is 0 Å². The van der Waals surface area contributed by atoms with Crippen LogP contribution in [0, 0.1) is 10.5 Å². The van der Waals surface area contributed by atoms with Crippen molar-refractivity contribution in [3.8, 4) is 0 Å². The molecule has 1 aromatic rings. The highest BCUT2D eigenvalue weighted by Crippen LogP contribution is 2.22. The number of hydrogen-bond donors (Lipinski definition) is 1. The molecule has 1 aliphatic heterocycles. The van der Waals surface area contributed by atoms with E-state index in [4.69, 9.17) is 0 Å². The van der Waals surface area contributed by atoms with Crippen LogP contribution < -0.4 is 5.32 Å². The Kier molecular flexibility index (Phi) is 4.90. The summed E-state index contributed by atoms with van der Waals surface area (Å²) in [6, 6.07) is 7.95. The Morgan fingerprint density at radius 2 is 1.94 bits per heavy atom. The number of likely N-dealkylation sites (tertiary alicyclic amines) is 1. The molecule has 0 unspecified atom stereocenters. The van der Waals surface area contributed by atoms with Gasteiger partial charge in [0.05, 0.1) is 0 Å². The van der Waals surface area contributed by atoms with Crippen molar-refractivity contribution < 1.29 is 0 Å². The number of piperidine rings is 1. The van der Waals surface area contributed by atoms with Crippen molar-refractivity contribution in [3.05, 3.63) is 27.3 Å². The summed E-state index contributed by atoms with van der Waals surface area (Å²) in [5, 5.41) is 3.72. The topological polar surface area (TPSA) is 15.3 Å². The van der Waals surface area contributed by atoms with Crippen molar-refractivity contribution in [1.29, 1.82) is 0 Å². The normalized spacial score (nSPS) is 18.3. The lowest BCUT2D eigenvalue weighted by Gasteiger charge is -2.35. The monoisotopic (exact) mass is 358 g/mol. The maximum atomic E-state index is 3.72. The minimum atomic E-state index is 0.636. The van der Waals surface area contributed by atoms with Gasteiger partial charge >= 0.3 is 0 Å². The number of hydrogen-bond acceptors (Lipinski definition) is 2. The summed E-state index contributed by atoms with van der Waals surface area (Å²) in [6.45, 7) is 9.20. The first kappa shape index (κ1) is 14.1. The zero-order valence-corrected chi connectivity index (χ0v) is 13.7. The summed E-state index contributed by atoms with van der Waals surface area (Å²) in [5.74, 6) is 0. The molecule has 1 fully saturated rings. The van der Waals surface area contributed by atoms with Crippen LogP contribution in [0.4, 0.5) is 5.69 Å². The Labute approximate surface area is 124 Å². The Hall–Kier alpha value is -0.290. The largest absolute Gasteiger partial charge is 0.382 e. The number of nitrogens with zero attached hydrogens (tertiary/aromatic N) is 1. The summed E-state index contributed by atoms with van der Waals surface area (Å²) >= 11 is 2.38. The van der Waals surface area contributed by atoms with Crippen molar-refractivity contribution in [3.63, 3.8) is 0 Å². The van der Waals surface area contributed by atoms with E-state index in [1.54, 1.807) is 0 Å². The number of rotatable bonds is 3. The number of nitrogens with one attached hydrogen (secondary N) is 1. The first-order chi connectivity index (χ1) is 8.56. The maximum Gasteiger partial charge on any atom is 0.0382 e. The third-order valence-electron chi connectivity index (χ3n) is 3.82. The zero-order chi connectivity index (χ0) is 13.1. The molecular weight excluding hydrogens is 335 g/mol. The average Bonchev–Trinajstić information content (AvgIpc) is 2.34. The van der Waals surface area contributed by atoms with Gasteiger partial charge in [0, 0.05) is 34.4 Å². The molecule has 2 nitrogen and oxygen atoms in total. The van der Waals surface area contributed by atoms with Gasteiger partial charge in [-0.25, -0.2) is 0 Å². The molecule has 1 aliphatic rings. The quantitative estimate of drug-likeness (QED) is 0.825. The van der Waals surface area contributed by atoms with Gasteiger partial charge in [-0.05, 0) is 73.9 Å². The van der Waals surface area contributed by atoms with Gasteiger partial charge < -0.3 is 10.2 Å². The van der Waals surface area contributed by atoms with Crippen molar-refractivity contribution in [2.75, 3.05) is 18.4 Å². The molecule has 1 N–H and O–H groups in total. The third-order valence-corrected chi connectivity index (χ3v) is 4.49. The van der Waals surface area contributed by atoms with Crippen molar-refractivity contribution in [1.82, 2.24) is 4.90 Å². The lowest BCUT2D eigenvalue weighted by molar-refractivity contribution is 0.177. The molecule has 0 bridgehead atoms.